The topological polar surface area (TPSA) is 58.2 Å². The number of hydrazine groups is 1. The van der Waals surface area contributed by atoms with Gasteiger partial charge in [0, 0.05) is 5.56 Å². The highest BCUT2D eigenvalue weighted by molar-refractivity contribution is 5.96. The van der Waals surface area contributed by atoms with Crippen LogP contribution in [-0.4, -0.2) is 11.8 Å². The third kappa shape index (κ3) is 5.51. The van der Waals surface area contributed by atoms with Gasteiger partial charge in [0.25, 0.3) is 5.91 Å². The number of hydrogen-bond donors (Lipinski definition) is 2. The van der Waals surface area contributed by atoms with Crippen LogP contribution in [0.5, 0.6) is 0 Å². The van der Waals surface area contributed by atoms with Crippen LogP contribution in [0.2, 0.25) is 0 Å². The molecular weight excluding hydrogens is 355 g/mol. The first-order chi connectivity index (χ1) is 13.6. The fraction of sp³-hybridized carbons (Fsp3) is 0.130. The van der Waals surface area contributed by atoms with Crippen LogP contribution in [0.3, 0.4) is 0 Å². The standard InChI is InChI=1S/C23H21FN2O2/c24-20-14-11-18(12-15-20)16-22(27)25-26-23(28)21-9-5-4-8-19(21)13-10-17-6-2-1-3-7-17/h1-9,11-12,14-15H,10,13,16H2,(H,25,27)(H,26,28). The monoisotopic (exact) mass is 376 g/mol. The van der Waals surface area contributed by atoms with E-state index in [9.17, 15) is 14.0 Å². The Morgan fingerprint density at radius 3 is 2.14 bits per heavy atom. The summed E-state index contributed by atoms with van der Waals surface area (Å²) in [5.74, 6) is -1.09. The minimum absolute atomic E-state index is 0.0518. The van der Waals surface area contributed by atoms with Gasteiger partial charge in [-0.05, 0) is 47.7 Å². The zero-order chi connectivity index (χ0) is 19.8. The van der Waals surface area contributed by atoms with E-state index in [1.54, 1.807) is 12.1 Å². The number of benzene rings is 3. The fourth-order valence-electron chi connectivity index (χ4n) is 2.91. The molecule has 0 bridgehead atoms. The van der Waals surface area contributed by atoms with Crippen LogP contribution < -0.4 is 10.9 Å². The Hall–Kier alpha value is -3.47. The van der Waals surface area contributed by atoms with Gasteiger partial charge >= 0.3 is 0 Å². The first kappa shape index (κ1) is 19.3. The molecule has 0 aliphatic rings. The van der Waals surface area contributed by atoms with Gasteiger partial charge in [0.05, 0.1) is 6.42 Å². The van der Waals surface area contributed by atoms with Crippen molar-refractivity contribution in [1.29, 1.82) is 0 Å². The summed E-state index contributed by atoms with van der Waals surface area (Å²) in [5.41, 5.74) is 8.17. The summed E-state index contributed by atoms with van der Waals surface area (Å²) >= 11 is 0. The van der Waals surface area contributed by atoms with Gasteiger partial charge in [0.1, 0.15) is 5.82 Å². The molecule has 5 heteroatoms. The molecule has 28 heavy (non-hydrogen) atoms. The van der Waals surface area contributed by atoms with Crippen molar-refractivity contribution in [2.24, 2.45) is 0 Å². The van der Waals surface area contributed by atoms with Gasteiger partial charge in [-0.3, -0.25) is 20.4 Å². The summed E-state index contributed by atoms with van der Waals surface area (Å²) in [6, 6.07) is 23.1. The molecule has 0 fully saturated rings. The minimum atomic E-state index is -0.373. The number of nitrogens with one attached hydrogen (secondary N) is 2. The smallest absolute Gasteiger partial charge is 0.269 e. The Balaban J connectivity index is 1.56. The Morgan fingerprint density at radius 1 is 0.714 bits per heavy atom. The van der Waals surface area contributed by atoms with E-state index in [0.717, 1.165) is 18.4 Å². The first-order valence-electron chi connectivity index (χ1n) is 9.07. The number of halogens is 1. The van der Waals surface area contributed by atoms with Crippen LogP contribution in [0, 0.1) is 5.82 Å². The highest BCUT2D eigenvalue weighted by Gasteiger charge is 2.12. The second-order valence-electron chi connectivity index (χ2n) is 6.45. The normalized spacial score (nSPS) is 10.3. The maximum absolute atomic E-state index is 12.9. The van der Waals surface area contributed by atoms with Gasteiger partial charge in [-0.1, -0.05) is 60.7 Å². The third-order valence-corrected chi connectivity index (χ3v) is 4.38. The molecule has 0 aliphatic carbocycles. The first-order valence-corrected chi connectivity index (χ1v) is 9.07. The average molecular weight is 376 g/mol. The van der Waals surface area contributed by atoms with Crippen molar-refractivity contribution in [3.63, 3.8) is 0 Å². The third-order valence-electron chi connectivity index (χ3n) is 4.38. The Morgan fingerprint density at radius 2 is 1.39 bits per heavy atom. The predicted octanol–water partition coefficient (Wildman–Crippen LogP) is 3.61. The number of amides is 2. The van der Waals surface area contributed by atoms with Crippen molar-refractivity contribution >= 4 is 11.8 Å². The zero-order valence-corrected chi connectivity index (χ0v) is 15.3. The largest absolute Gasteiger partial charge is 0.273 e. The summed E-state index contributed by atoms with van der Waals surface area (Å²) in [5, 5.41) is 0. The number of carbonyl (C=O) groups is 2. The summed E-state index contributed by atoms with van der Waals surface area (Å²) in [4.78, 5) is 24.5. The van der Waals surface area contributed by atoms with Crippen molar-refractivity contribution in [3.05, 3.63) is 107 Å². The van der Waals surface area contributed by atoms with Crippen molar-refractivity contribution in [3.8, 4) is 0 Å². The number of hydrogen-bond acceptors (Lipinski definition) is 2. The molecule has 0 aliphatic heterocycles. The molecule has 2 N–H and O–H groups in total. The lowest BCUT2D eigenvalue weighted by atomic mass is 9.99. The molecule has 0 saturated carbocycles. The van der Waals surface area contributed by atoms with Crippen LogP contribution >= 0.6 is 0 Å². The molecule has 2 amide bonds. The molecular formula is C23H21FN2O2. The second kappa shape index (κ2) is 9.46. The molecule has 0 spiro atoms. The number of aryl methyl sites for hydroxylation is 2. The molecule has 0 radical (unpaired) electrons. The molecule has 0 heterocycles. The van der Waals surface area contributed by atoms with Gasteiger partial charge in [-0.15, -0.1) is 0 Å². The van der Waals surface area contributed by atoms with E-state index in [2.05, 4.69) is 23.0 Å². The van der Waals surface area contributed by atoms with E-state index in [1.165, 1.54) is 29.8 Å². The van der Waals surface area contributed by atoms with Crippen molar-refractivity contribution in [2.75, 3.05) is 0 Å². The zero-order valence-electron chi connectivity index (χ0n) is 15.3. The van der Waals surface area contributed by atoms with Crippen molar-refractivity contribution < 1.29 is 14.0 Å². The maximum Gasteiger partial charge on any atom is 0.269 e. The molecule has 4 nitrogen and oxygen atoms in total. The summed E-state index contributed by atoms with van der Waals surface area (Å²) in [6.07, 6.45) is 1.59. The highest BCUT2D eigenvalue weighted by atomic mass is 19.1. The summed E-state index contributed by atoms with van der Waals surface area (Å²) < 4.78 is 12.9. The lowest BCUT2D eigenvalue weighted by Gasteiger charge is -2.11. The van der Waals surface area contributed by atoms with E-state index in [4.69, 9.17) is 0 Å². The molecule has 3 aromatic rings. The van der Waals surface area contributed by atoms with Gasteiger partial charge in [0.2, 0.25) is 5.91 Å². The van der Waals surface area contributed by atoms with E-state index >= 15 is 0 Å². The summed E-state index contributed by atoms with van der Waals surface area (Å²) in [7, 11) is 0. The molecule has 3 aromatic carbocycles. The van der Waals surface area contributed by atoms with E-state index < -0.39 is 0 Å². The highest BCUT2D eigenvalue weighted by Crippen LogP contribution is 2.13. The van der Waals surface area contributed by atoms with Crippen LogP contribution in [0.4, 0.5) is 4.39 Å². The molecule has 0 unspecified atom stereocenters. The van der Waals surface area contributed by atoms with Gasteiger partial charge in [-0.2, -0.15) is 0 Å². The predicted molar refractivity (Wildman–Crippen MR) is 106 cm³/mol. The van der Waals surface area contributed by atoms with Crippen LogP contribution in [0.1, 0.15) is 27.0 Å². The summed E-state index contributed by atoms with van der Waals surface area (Å²) in [6.45, 7) is 0. The lowest BCUT2D eigenvalue weighted by Crippen LogP contribution is -2.42. The SMILES string of the molecule is O=C(Cc1ccc(F)cc1)NNC(=O)c1ccccc1CCc1ccccc1. The quantitative estimate of drug-likeness (QED) is 0.646. The Labute approximate surface area is 163 Å². The number of carbonyl (C=O) groups excluding carboxylic acids is 2. The van der Waals surface area contributed by atoms with E-state index in [0.29, 0.717) is 11.1 Å². The van der Waals surface area contributed by atoms with Gasteiger partial charge in [-0.25, -0.2) is 4.39 Å². The van der Waals surface area contributed by atoms with Crippen LogP contribution in [0.15, 0.2) is 78.9 Å². The van der Waals surface area contributed by atoms with Crippen molar-refractivity contribution in [2.45, 2.75) is 19.3 Å². The average Bonchev–Trinajstić information content (AvgIpc) is 2.73. The second-order valence-corrected chi connectivity index (χ2v) is 6.45. The fourth-order valence-corrected chi connectivity index (χ4v) is 2.91. The van der Waals surface area contributed by atoms with Crippen LogP contribution in [0.25, 0.3) is 0 Å². The molecule has 0 saturated heterocycles. The molecule has 142 valence electrons. The van der Waals surface area contributed by atoms with Crippen molar-refractivity contribution in [1.82, 2.24) is 10.9 Å². The van der Waals surface area contributed by atoms with E-state index in [-0.39, 0.29) is 24.1 Å². The molecule has 0 aromatic heterocycles. The Kier molecular flexibility index (Phi) is 6.52. The number of rotatable bonds is 6. The maximum atomic E-state index is 12.9. The molecule has 3 rings (SSSR count). The van der Waals surface area contributed by atoms with Crippen LogP contribution in [-0.2, 0) is 24.1 Å². The Bertz CT molecular complexity index is 940. The molecule has 0 atom stereocenters. The van der Waals surface area contributed by atoms with E-state index in [1.807, 2.05) is 30.3 Å². The van der Waals surface area contributed by atoms with Gasteiger partial charge in [0.15, 0.2) is 0 Å². The lowest BCUT2D eigenvalue weighted by molar-refractivity contribution is -0.121. The minimum Gasteiger partial charge on any atom is -0.273 e. The van der Waals surface area contributed by atoms with Gasteiger partial charge < -0.3 is 0 Å².